The van der Waals surface area contributed by atoms with Gasteiger partial charge in [0.05, 0.1) is 18.0 Å². The molecule has 3 rings (SSSR count). The van der Waals surface area contributed by atoms with Gasteiger partial charge in [-0.15, -0.1) is 0 Å². The second-order valence-electron chi connectivity index (χ2n) is 7.76. The maximum absolute atomic E-state index is 13.4. The third-order valence-electron chi connectivity index (χ3n) is 5.47. The zero-order valence-corrected chi connectivity index (χ0v) is 17.8. The lowest BCUT2D eigenvalue weighted by molar-refractivity contribution is -0.145. The molecule has 2 saturated heterocycles. The normalized spacial score (nSPS) is 20.6. The fourth-order valence-electron chi connectivity index (χ4n) is 3.84. The van der Waals surface area contributed by atoms with Crippen molar-refractivity contribution >= 4 is 15.9 Å². The number of alkyl halides is 3. The number of rotatable bonds is 5. The van der Waals surface area contributed by atoms with E-state index in [1.54, 1.807) is 4.90 Å². The van der Waals surface area contributed by atoms with E-state index in [0.29, 0.717) is 26.1 Å². The van der Waals surface area contributed by atoms with Gasteiger partial charge in [0.2, 0.25) is 15.9 Å². The van der Waals surface area contributed by atoms with E-state index in [-0.39, 0.29) is 50.1 Å². The van der Waals surface area contributed by atoms with Crippen LogP contribution in [0.1, 0.15) is 6.42 Å². The minimum Gasteiger partial charge on any atom is -0.339 e. The number of hydrogen-bond acceptors (Lipinski definition) is 5. The molecular formula is C19H26F4N4O3S. The summed E-state index contributed by atoms with van der Waals surface area (Å²) in [4.78, 5) is 17.3. The molecule has 31 heavy (non-hydrogen) atoms. The van der Waals surface area contributed by atoms with Crippen molar-refractivity contribution in [1.29, 1.82) is 0 Å². The Kier molecular flexibility index (Phi) is 7.55. The van der Waals surface area contributed by atoms with Crippen molar-refractivity contribution < 1.29 is 30.8 Å². The number of benzene rings is 1. The molecule has 1 aromatic carbocycles. The molecule has 1 amide bonds. The van der Waals surface area contributed by atoms with Crippen molar-refractivity contribution in [3.8, 4) is 0 Å². The highest BCUT2D eigenvalue weighted by molar-refractivity contribution is 7.89. The molecule has 0 aromatic heterocycles. The average Bonchev–Trinajstić information content (AvgIpc) is 2.91. The van der Waals surface area contributed by atoms with Crippen LogP contribution >= 0.6 is 0 Å². The van der Waals surface area contributed by atoms with Crippen LogP contribution in [-0.2, 0) is 14.8 Å². The highest BCUT2D eigenvalue weighted by Crippen LogP contribution is 2.19. The predicted octanol–water partition coefficient (Wildman–Crippen LogP) is 1.23. The summed E-state index contributed by atoms with van der Waals surface area (Å²) in [6, 6.07) is 4.80. The third kappa shape index (κ3) is 6.61. The number of halogens is 4. The third-order valence-corrected chi connectivity index (χ3v) is 7.36. The highest BCUT2D eigenvalue weighted by atomic mass is 32.2. The van der Waals surface area contributed by atoms with Crippen LogP contribution < -0.4 is 0 Å². The minimum atomic E-state index is -4.24. The molecule has 1 aromatic rings. The molecule has 0 N–H and O–H groups in total. The molecule has 0 radical (unpaired) electrons. The number of carbonyl (C=O) groups is 1. The Bertz CT molecular complexity index is 873. The van der Waals surface area contributed by atoms with Crippen LogP contribution in [0.4, 0.5) is 17.6 Å². The minimum absolute atomic E-state index is 0.0938. The lowest BCUT2D eigenvalue weighted by atomic mass is 10.3. The van der Waals surface area contributed by atoms with Crippen molar-refractivity contribution in [2.75, 3.05) is 65.4 Å². The monoisotopic (exact) mass is 466 g/mol. The fourth-order valence-corrected chi connectivity index (χ4v) is 5.29. The van der Waals surface area contributed by atoms with Gasteiger partial charge in [0.1, 0.15) is 5.82 Å². The molecule has 0 bridgehead atoms. The van der Waals surface area contributed by atoms with E-state index >= 15 is 0 Å². The Labute approximate surface area is 179 Å². The second kappa shape index (κ2) is 9.80. The van der Waals surface area contributed by atoms with Crippen molar-refractivity contribution in [3.05, 3.63) is 30.1 Å². The van der Waals surface area contributed by atoms with E-state index in [2.05, 4.69) is 0 Å². The first-order valence-electron chi connectivity index (χ1n) is 10.1. The fraction of sp³-hybridized carbons (Fsp3) is 0.632. The van der Waals surface area contributed by atoms with Gasteiger partial charge in [0.25, 0.3) is 0 Å². The van der Waals surface area contributed by atoms with Crippen LogP contribution in [0.15, 0.2) is 29.2 Å². The number of hydrogen-bond donors (Lipinski definition) is 0. The molecule has 0 unspecified atom stereocenters. The standard InChI is InChI=1S/C19H26F4N4O3S/c20-16-3-1-4-17(13-16)31(29,30)27-11-9-26(10-12-27)18(28)14-24-5-2-6-25(8-7-24)15-19(21,22)23/h1,3-4,13H,2,5-12,14-15H2. The summed E-state index contributed by atoms with van der Waals surface area (Å²) in [5.74, 6) is -0.812. The lowest BCUT2D eigenvalue weighted by Crippen LogP contribution is -2.52. The second-order valence-corrected chi connectivity index (χ2v) is 9.70. The van der Waals surface area contributed by atoms with Gasteiger partial charge in [0.15, 0.2) is 0 Å². The van der Waals surface area contributed by atoms with Gasteiger partial charge in [-0.1, -0.05) is 6.07 Å². The summed E-state index contributed by atoms with van der Waals surface area (Å²) < 4.78 is 77.7. The van der Waals surface area contributed by atoms with E-state index in [9.17, 15) is 30.8 Å². The summed E-state index contributed by atoms with van der Waals surface area (Å²) >= 11 is 0. The first-order valence-corrected chi connectivity index (χ1v) is 11.5. The Hall–Kier alpha value is -1.76. The summed E-state index contributed by atoms with van der Waals surface area (Å²) in [7, 11) is -3.84. The van der Waals surface area contributed by atoms with E-state index in [0.717, 1.165) is 6.07 Å². The van der Waals surface area contributed by atoms with Crippen LogP contribution in [0, 0.1) is 5.82 Å². The summed E-state index contributed by atoms with van der Waals surface area (Å²) in [6.07, 6.45) is -3.69. The molecule has 0 saturated carbocycles. The quantitative estimate of drug-likeness (QED) is 0.611. The van der Waals surface area contributed by atoms with Gasteiger partial charge < -0.3 is 4.90 Å². The molecule has 0 aliphatic carbocycles. The summed E-state index contributed by atoms with van der Waals surface area (Å²) in [6.45, 7) is 1.25. The van der Waals surface area contributed by atoms with Crippen molar-refractivity contribution in [3.63, 3.8) is 0 Å². The van der Waals surface area contributed by atoms with E-state index in [1.807, 2.05) is 4.90 Å². The molecule has 2 fully saturated rings. The lowest BCUT2D eigenvalue weighted by Gasteiger charge is -2.35. The van der Waals surface area contributed by atoms with Crippen LogP contribution in [0.25, 0.3) is 0 Å². The number of carbonyl (C=O) groups excluding carboxylic acids is 1. The number of sulfonamides is 1. The highest BCUT2D eigenvalue weighted by Gasteiger charge is 2.33. The molecule has 0 spiro atoms. The number of nitrogens with zero attached hydrogens (tertiary/aromatic N) is 4. The maximum atomic E-state index is 13.4. The summed E-state index contributed by atoms with van der Waals surface area (Å²) in [5.41, 5.74) is 0. The maximum Gasteiger partial charge on any atom is 0.401 e. The average molecular weight is 467 g/mol. The van der Waals surface area contributed by atoms with Crippen LogP contribution in [-0.4, -0.2) is 105 Å². The smallest absolute Gasteiger partial charge is 0.339 e. The topological polar surface area (TPSA) is 64.2 Å². The molecule has 12 heteroatoms. The van der Waals surface area contributed by atoms with Gasteiger partial charge in [0, 0.05) is 39.3 Å². The Morgan fingerprint density at radius 2 is 1.58 bits per heavy atom. The molecule has 0 atom stereocenters. The molecule has 2 heterocycles. The van der Waals surface area contributed by atoms with E-state index in [1.165, 1.54) is 27.4 Å². The van der Waals surface area contributed by atoms with Crippen LogP contribution in [0.3, 0.4) is 0 Å². The molecule has 2 aliphatic heterocycles. The van der Waals surface area contributed by atoms with Crippen LogP contribution in [0.2, 0.25) is 0 Å². The van der Waals surface area contributed by atoms with Crippen LogP contribution in [0.5, 0.6) is 0 Å². The largest absolute Gasteiger partial charge is 0.401 e. The summed E-state index contributed by atoms with van der Waals surface area (Å²) in [5, 5.41) is 0. The Balaban J connectivity index is 1.49. The Morgan fingerprint density at radius 1 is 0.935 bits per heavy atom. The van der Waals surface area contributed by atoms with Crippen molar-refractivity contribution in [1.82, 2.24) is 19.0 Å². The molecule has 174 valence electrons. The van der Waals surface area contributed by atoms with Gasteiger partial charge in [-0.2, -0.15) is 17.5 Å². The first-order chi connectivity index (χ1) is 14.5. The zero-order valence-electron chi connectivity index (χ0n) is 17.0. The van der Waals surface area contributed by atoms with E-state index in [4.69, 9.17) is 0 Å². The first kappa shape index (κ1) is 23.9. The zero-order chi connectivity index (χ0) is 22.6. The number of amides is 1. The van der Waals surface area contributed by atoms with Gasteiger partial charge in [-0.05, 0) is 37.7 Å². The van der Waals surface area contributed by atoms with Gasteiger partial charge in [-0.25, -0.2) is 12.8 Å². The van der Waals surface area contributed by atoms with Gasteiger partial charge in [-0.3, -0.25) is 14.6 Å². The predicted molar refractivity (Wildman–Crippen MR) is 105 cm³/mol. The molecular weight excluding hydrogens is 440 g/mol. The SMILES string of the molecule is O=C(CN1CCCN(CC(F)(F)F)CC1)N1CCN(S(=O)(=O)c2cccc(F)c2)CC1. The Morgan fingerprint density at radius 3 is 2.23 bits per heavy atom. The number of piperazine rings is 1. The van der Waals surface area contributed by atoms with Crippen molar-refractivity contribution in [2.24, 2.45) is 0 Å². The molecule has 2 aliphatic rings. The molecule has 7 nitrogen and oxygen atoms in total. The van der Waals surface area contributed by atoms with E-state index < -0.39 is 28.6 Å². The van der Waals surface area contributed by atoms with Gasteiger partial charge >= 0.3 is 6.18 Å². The van der Waals surface area contributed by atoms with Crippen molar-refractivity contribution in [2.45, 2.75) is 17.5 Å².